The molecule has 118 valence electrons. The van der Waals surface area contributed by atoms with Crippen LogP contribution in [0.4, 0.5) is 0 Å². The summed E-state index contributed by atoms with van der Waals surface area (Å²) < 4.78 is 10.5. The average Bonchev–Trinajstić information content (AvgIpc) is 2.45. The number of carbonyl (C=O) groups is 1. The summed E-state index contributed by atoms with van der Waals surface area (Å²) in [6.45, 7) is 4.78. The van der Waals surface area contributed by atoms with Gasteiger partial charge in [-0.25, -0.2) is 0 Å². The largest absolute Gasteiger partial charge is 0.497 e. The van der Waals surface area contributed by atoms with E-state index < -0.39 is 6.10 Å². The Morgan fingerprint density at radius 1 is 1.29 bits per heavy atom. The van der Waals surface area contributed by atoms with Crippen LogP contribution < -0.4 is 10.1 Å². The molecule has 0 bridgehead atoms. The van der Waals surface area contributed by atoms with E-state index in [1.807, 2.05) is 38.1 Å². The molecular weight excluding hydrogens is 270 g/mol. The Hall–Kier alpha value is -1.59. The van der Waals surface area contributed by atoms with Crippen LogP contribution in [0.1, 0.15) is 25.8 Å². The van der Waals surface area contributed by atoms with Crippen LogP contribution in [0.2, 0.25) is 0 Å². The molecule has 0 aliphatic carbocycles. The first-order valence-corrected chi connectivity index (χ1v) is 7.16. The highest BCUT2D eigenvalue weighted by atomic mass is 16.5. The lowest BCUT2D eigenvalue weighted by atomic mass is 10.1. The predicted molar refractivity (Wildman–Crippen MR) is 81.1 cm³/mol. The monoisotopic (exact) mass is 295 g/mol. The highest BCUT2D eigenvalue weighted by Crippen LogP contribution is 2.11. The van der Waals surface area contributed by atoms with E-state index in [9.17, 15) is 9.90 Å². The summed E-state index contributed by atoms with van der Waals surface area (Å²) in [5, 5.41) is 12.4. The minimum Gasteiger partial charge on any atom is -0.497 e. The van der Waals surface area contributed by atoms with E-state index >= 15 is 0 Å². The second-order valence-corrected chi connectivity index (χ2v) is 5.42. The lowest BCUT2D eigenvalue weighted by Crippen LogP contribution is -2.35. The van der Waals surface area contributed by atoms with Crippen molar-refractivity contribution in [2.75, 3.05) is 20.3 Å². The van der Waals surface area contributed by atoms with Gasteiger partial charge in [-0.3, -0.25) is 4.79 Å². The molecule has 1 amide bonds. The van der Waals surface area contributed by atoms with E-state index in [1.54, 1.807) is 7.11 Å². The van der Waals surface area contributed by atoms with Crippen LogP contribution in [0.15, 0.2) is 24.3 Å². The number of aliphatic hydroxyl groups excluding tert-OH is 1. The molecule has 1 unspecified atom stereocenters. The van der Waals surface area contributed by atoms with Gasteiger partial charge in [0.1, 0.15) is 5.75 Å². The van der Waals surface area contributed by atoms with Gasteiger partial charge in [-0.2, -0.15) is 0 Å². The fourth-order valence-electron chi connectivity index (χ4n) is 1.77. The maximum Gasteiger partial charge on any atom is 0.220 e. The molecule has 0 aromatic heterocycles. The van der Waals surface area contributed by atoms with Crippen molar-refractivity contribution in [3.05, 3.63) is 29.8 Å². The van der Waals surface area contributed by atoms with Crippen LogP contribution in [0, 0.1) is 5.92 Å². The zero-order valence-corrected chi connectivity index (χ0v) is 13.0. The molecule has 5 heteroatoms. The zero-order valence-electron chi connectivity index (χ0n) is 13.0. The SMILES string of the molecule is COc1ccc(COCC(O)CNC(=O)CC(C)C)cc1. The Morgan fingerprint density at radius 2 is 1.95 bits per heavy atom. The summed E-state index contributed by atoms with van der Waals surface area (Å²) >= 11 is 0. The highest BCUT2D eigenvalue weighted by Gasteiger charge is 2.08. The quantitative estimate of drug-likeness (QED) is 0.728. The van der Waals surface area contributed by atoms with Crippen molar-refractivity contribution in [1.82, 2.24) is 5.32 Å². The minimum atomic E-state index is -0.695. The van der Waals surface area contributed by atoms with Crippen molar-refractivity contribution < 1.29 is 19.4 Å². The van der Waals surface area contributed by atoms with Gasteiger partial charge in [0.25, 0.3) is 0 Å². The Kier molecular flexibility index (Phi) is 7.79. The van der Waals surface area contributed by atoms with Crippen molar-refractivity contribution in [3.8, 4) is 5.75 Å². The Bertz CT molecular complexity index is 417. The molecule has 0 fully saturated rings. The Labute approximate surface area is 126 Å². The van der Waals surface area contributed by atoms with E-state index in [-0.39, 0.29) is 19.1 Å². The first-order valence-electron chi connectivity index (χ1n) is 7.16. The number of benzene rings is 1. The molecule has 0 aliphatic rings. The summed E-state index contributed by atoms with van der Waals surface area (Å²) in [5.74, 6) is 1.07. The molecule has 21 heavy (non-hydrogen) atoms. The molecule has 0 aliphatic heterocycles. The molecule has 0 radical (unpaired) electrons. The number of methoxy groups -OCH3 is 1. The lowest BCUT2D eigenvalue weighted by molar-refractivity contribution is -0.122. The summed E-state index contributed by atoms with van der Waals surface area (Å²) in [4.78, 5) is 11.4. The molecule has 1 atom stereocenters. The fraction of sp³-hybridized carbons (Fsp3) is 0.562. The number of hydrogen-bond acceptors (Lipinski definition) is 4. The van der Waals surface area contributed by atoms with Crippen molar-refractivity contribution in [1.29, 1.82) is 0 Å². The fourth-order valence-corrected chi connectivity index (χ4v) is 1.77. The van der Waals surface area contributed by atoms with Gasteiger partial charge in [0, 0.05) is 13.0 Å². The normalized spacial score (nSPS) is 12.2. The second kappa shape index (κ2) is 9.37. The number of carbonyl (C=O) groups excluding carboxylic acids is 1. The smallest absolute Gasteiger partial charge is 0.220 e. The first kappa shape index (κ1) is 17.5. The van der Waals surface area contributed by atoms with Crippen LogP contribution in [-0.2, 0) is 16.1 Å². The van der Waals surface area contributed by atoms with Crippen molar-refractivity contribution in [3.63, 3.8) is 0 Å². The van der Waals surface area contributed by atoms with Crippen LogP contribution in [-0.4, -0.2) is 37.4 Å². The van der Waals surface area contributed by atoms with Crippen molar-refractivity contribution >= 4 is 5.91 Å². The number of ether oxygens (including phenoxy) is 2. The average molecular weight is 295 g/mol. The van der Waals surface area contributed by atoms with Crippen molar-refractivity contribution in [2.24, 2.45) is 5.92 Å². The molecule has 1 aromatic rings. The molecule has 1 rings (SSSR count). The van der Waals surface area contributed by atoms with Crippen LogP contribution in [0.3, 0.4) is 0 Å². The number of nitrogens with one attached hydrogen (secondary N) is 1. The molecule has 0 saturated heterocycles. The van der Waals surface area contributed by atoms with E-state index in [0.29, 0.717) is 18.9 Å². The van der Waals surface area contributed by atoms with Gasteiger partial charge < -0.3 is 19.9 Å². The zero-order chi connectivity index (χ0) is 15.7. The summed E-state index contributed by atoms with van der Waals surface area (Å²) in [7, 11) is 1.62. The molecule has 5 nitrogen and oxygen atoms in total. The Morgan fingerprint density at radius 3 is 2.52 bits per heavy atom. The number of hydrogen-bond donors (Lipinski definition) is 2. The van der Waals surface area contributed by atoms with Gasteiger partial charge in [0.05, 0.1) is 26.4 Å². The van der Waals surface area contributed by atoms with Crippen molar-refractivity contribution in [2.45, 2.75) is 33.0 Å². The molecular formula is C16H25NO4. The van der Waals surface area contributed by atoms with E-state index in [4.69, 9.17) is 9.47 Å². The van der Waals surface area contributed by atoms with E-state index in [2.05, 4.69) is 5.32 Å². The summed E-state index contributed by atoms with van der Waals surface area (Å²) in [5.41, 5.74) is 1.01. The number of amides is 1. The maximum absolute atomic E-state index is 11.4. The second-order valence-electron chi connectivity index (χ2n) is 5.42. The molecule has 1 aromatic carbocycles. The maximum atomic E-state index is 11.4. The van der Waals surface area contributed by atoms with Crippen LogP contribution >= 0.6 is 0 Å². The molecule has 0 spiro atoms. The number of aliphatic hydroxyl groups is 1. The Balaban J connectivity index is 2.17. The van der Waals surface area contributed by atoms with Gasteiger partial charge in [-0.1, -0.05) is 26.0 Å². The topological polar surface area (TPSA) is 67.8 Å². The van der Waals surface area contributed by atoms with E-state index in [1.165, 1.54) is 0 Å². The van der Waals surface area contributed by atoms with Gasteiger partial charge in [-0.15, -0.1) is 0 Å². The summed E-state index contributed by atoms with van der Waals surface area (Å²) in [6, 6.07) is 7.55. The summed E-state index contributed by atoms with van der Waals surface area (Å²) in [6.07, 6.45) is -0.223. The van der Waals surface area contributed by atoms with Gasteiger partial charge in [-0.05, 0) is 23.6 Å². The minimum absolute atomic E-state index is 0.0424. The third-order valence-electron chi connectivity index (χ3n) is 2.87. The highest BCUT2D eigenvalue weighted by molar-refractivity contribution is 5.76. The molecule has 0 saturated carbocycles. The number of rotatable bonds is 9. The standard InChI is InChI=1S/C16H25NO4/c1-12(2)8-16(19)17-9-14(18)11-21-10-13-4-6-15(20-3)7-5-13/h4-7,12,14,18H,8-11H2,1-3H3,(H,17,19). The third-order valence-corrected chi connectivity index (χ3v) is 2.87. The lowest BCUT2D eigenvalue weighted by Gasteiger charge is -2.13. The first-order chi connectivity index (χ1) is 10.0. The predicted octanol–water partition coefficient (Wildman–Crippen LogP) is 1.73. The molecule has 0 heterocycles. The third kappa shape index (κ3) is 7.68. The molecule has 2 N–H and O–H groups in total. The van der Waals surface area contributed by atoms with Gasteiger partial charge >= 0.3 is 0 Å². The van der Waals surface area contributed by atoms with Gasteiger partial charge in [0.2, 0.25) is 5.91 Å². The van der Waals surface area contributed by atoms with E-state index in [0.717, 1.165) is 11.3 Å². The van der Waals surface area contributed by atoms with Crippen LogP contribution in [0.25, 0.3) is 0 Å². The van der Waals surface area contributed by atoms with Gasteiger partial charge in [0.15, 0.2) is 0 Å². The van der Waals surface area contributed by atoms with Crippen LogP contribution in [0.5, 0.6) is 5.75 Å².